The summed E-state index contributed by atoms with van der Waals surface area (Å²) in [6.45, 7) is -3.31. The van der Waals surface area contributed by atoms with Crippen molar-refractivity contribution in [3.05, 3.63) is 272 Å². The average molecular weight is 974 g/mol. The van der Waals surface area contributed by atoms with E-state index in [0.717, 1.165) is 27.0 Å². The first-order valence-corrected chi connectivity index (χ1v) is 29.5. The second-order valence-corrected chi connectivity index (χ2v) is 27.4. The molecule has 5 nitrogen and oxygen atoms in total. The van der Waals surface area contributed by atoms with Gasteiger partial charge in [-0.3, -0.25) is 0 Å². The van der Waals surface area contributed by atoms with Crippen molar-refractivity contribution >= 4 is 101 Å². The summed E-state index contributed by atoms with van der Waals surface area (Å²) >= 11 is 7.11. The first-order chi connectivity index (χ1) is 33.5. The van der Waals surface area contributed by atoms with Crippen LogP contribution in [0, 0.1) is 0 Å². The van der Waals surface area contributed by atoms with Crippen LogP contribution in [0.2, 0.25) is 0 Å². The zero-order valence-corrected chi connectivity index (χ0v) is 42.3. The standard InChI is InChI=1S/C58H51N5P4S/c1-62(59-46-48-28-24-26-44-57(48)64(50-30-10-3-11-31-50)51-32-12-4-13-33-51)67(68,61-66(54-38-18-7-19-39-54,55-40-20-8-21-41-55)56-42-22-9-23-43-56)63(2)60-47-49-29-25-27-45-58(49)65(52-34-14-5-15-35-52)53-36-16-6-17-37-53/h3-47H,1-2H3/b59-46+,60-47?. The highest BCUT2D eigenvalue weighted by molar-refractivity contribution is 8.13. The second-order valence-electron chi connectivity index (χ2n) is 15.8. The maximum Gasteiger partial charge on any atom is 0.268 e. The summed E-state index contributed by atoms with van der Waals surface area (Å²) in [6, 6.07) is 92.2. The fourth-order valence-electron chi connectivity index (χ4n) is 8.20. The van der Waals surface area contributed by atoms with Crippen LogP contribution in [-0.2, 0) is 11.8 Å². The number of hydrogen-bond donors (Lipinski definition) is 0. The molecule has 68 heavy (non-hydrogen) atoms. The summed E-state index contributed by atoms with van der Waals surface area (Å²) in [7, 11) is -0.699. The highest BCUT2D eigenvalue weighted by Gasteiger charge is 2.36. The fourth-order valence-corrected chi connectivity index (χ4v) is 21.3. The van der Waals surface area contributed by atoms with E-state index in [9.17, 15) is 0 Å². The van der Waals surface area contributed by atoms with Gasteiger partial charge in [-0.1, -0.05) is 261 Å². The van der Waals surface area contributed by atoms with Crippen LogP contribution in [-0.4, -0.2) is 36.1 Å². The van der Waals surface area contributed by atoms with E-state index in [1.807, 2.05) is 36.1 Å². The quantitative estimate of drug-likeness (QED) is 0.0551. The Morgan fingerprint density at radius 2 is 0.603 bits per heavy atom. The van der Waals surface area contributed by atoms with Crippen LogP contribution in [0.5, 0.6) is 0 Å². The van der Waals surface area contributed by atoms with E-state index in [1.54, 1.807) is 0 Å². The van der Waals surface area contributed by atoms with Gasteiger partial charge in [-0.05, 0) is 59.5 Å². The van der Waals surface area contributed by atoms with E-state index in [-0.39, 0.29) is 0 Å². The minimum Gasteiger partial charge on any atom is -0.235 e. The van der Waals surface area contributed by atoms with Crippen molar-refractivity contribution in [1.29, 1.82) is 0 Å². The summed E-state index contributed by atoms with van der Waals surface area (Å²) in [4.78, 5) is 0. The molecule has 1 unspecified atom stereocenters. The van der Waals surface area contributed by atoms with E-state index in [0.29, 0.717) is 0 Å². The Morgan fingerprint density at radius 3 is 0.897 bits per heavy atom. The average Bonchev–Trinajstić information content (AvgIpc) is 3.41. The molecule has 0 amide bonds. The van der Waals surface area contributed by atoms with E-state index in [2.05, 4.69) is 261 Å². The lowest BCUT2D eigenvalue weighted by molar-refractivity contribution is 0.499. The van der Waals surface area contributed by atoms with Crippen LogP contribution in [0.3, 0.4) is 0 Å². The zero-order valence-electron chi connectivity index (χ0n) is 37.9. The summed E-state index contributed by atoms with van der Waals surface area (Å²) in [6.07, 6.45) is 3.95. The lowest BCUT2D eigenvalue weighted by Gasteiger charge is -2.36. The fraction of sp³-hybridized carbons (Fsp3) is 0.0345. The third-order valence-corrected chi connectivity index (χ3v) is 25.5. The third-order valence-electron chi connectivity index (χ3n) is 11.5. The second kappa shape index (κ2) is 22.2. The molecule has 0 aliphatic rings. The molecule has 0 bridgehead atoms. The number of hydrazone groups is 2. The van der Waals surface area contributed by atoms with Crippen LogP contribution in [0.4, 0.5) is 0 Å². The van der Waals surface area contributed by atoms with Gasteiger partial charge in [0, 0.05) is 41.1 Å². The van der Waals surface area contributed by atoms with Crippen molar-refractivity contribution < 1.29 is 0 Å². The molecule has 0 heterocycles. The molecule has 0 aliphatic carbocycles. The molecule has 0 fully saturated rings. The topological polar surface area (TPSA) is 43.6 Å². The maximum absolute atomic E-state index is 7.11. The van der Waals surface area contributed by atoms with Crippen molar-refractivity contribution in [3.63, 3.8) is 0 Å². The van der Waals surface area contributed by atoms with E-state index in [1.165, 1.54) is 31.8 Å². The van der Waals surface area contributed by atoms with Crippen LogP contribution in [0.15, 0.2) is 276 Å². The van der Waals surface area contributed by atoms with Crippen molar-refractivity contribution in [3.8, 4) is 0 Å². The Hall–Kier alpha value is -6.34. The van der Waals surface area contributed by atoms with Crippen molar-refractivity contribution in [2.45, 2.75) is 0 Å². The zero-order chi connectivity index (χ0) is 46.6. The lowest BCUT2D eigenvalue weighted by atomic mass is 10.2. The van der Waals surface area contributed by atoms with E-state index >= 15 is 0 Å². The van der Waals surface area contributed by atoms with Crippen LogP contribution in [0.1, 0.15) is 11.1 Å². The Kier molecular flexibility index (Phi) is 15.3. The van der Waals surface area contributed by atoms with Gasteiger partial charge in [-0.2, -0.15) is 10.2 Å². The Labute approximate surface area is 409 Å². The Morgan fingerprint density at radius 1 is 0.353 bits per heavy atom. The third kappa shape index (κ3) is 10.2. The van der Waals surface area contributed by atoms with Gasteiger partial charge in [-0.25, -0.2) is 14.1 Å². The molecular weight excluding hydrogens is 923 g/mol. The molecule has 0 N–H and O–H groups in total. The van der Waals surface area contributed by atoms with Crippen molar-refractivity contribution in [1.82, 2.24) is 9.56 Å². The highest BCUT2D eigenvalue weighted by Crippen LogP contribution is 2.64. The predicted molar refractivity (Wildman–Crippen MR) is 303 cm³/mol. The van der Waals surface area contributed by atoms with Gasteiger partial charge < -0.3 is 0 Å². The molecular formula is C58H51N5P4S. The molecule has 0 radical (unpaired) electrons. The molecule has 0 spiro atoms. The number of hydrogen-bond acceptors (Lipinski definition) is 3. The van der Waals surface area contributed by atoms with Gasteiger partial charge in [0.05, 0.1) is 19.5 Å². The summed E-state index contributed by atoms with van der Waals surface area (Å²) in [5.41, 5.74) is 2.04. The molecule has 334 valence electrons. The summed E-state index contributed by atoms with van der Waals surface area (Å²) in [5.74, 6) is 0. The lowest BCUT2D eigenvalue weighted by Crippen LogP contribution is -2.27. The SMILES string of the molecule is CN(N=Cc1ccccc1P(c1ccccc1)c1ccccc1)P(=S)(N=P(c1ccccc1)(c1ccccc1)c1ccccc1)N(C)/N=C/c1ccccc1P(c1ccccc1)c1ccccc1. The molecule has 9 aromatic rings. The number of nitrogens with zero attached hydrogens (tertiary/aromatic N) is 5. The number of rotatable bonds is 16. The monoisotopic (exact) mass is 973 g/mol. The maximum atomic E-state index is 7.11. The predicted octanol–water partition coefficient (Wildman–Crippen LogP) is 10.8. The minimum atomic E-state index is -3.31. The van der Waals surface area contributed by atoms with Gasteiger partial charge in [0.25, 0.3) is 6.49 Å². The molecule has 0 saturated heterocycles. The summed E-state index contributed by atoms with van der Waals surface area (Å²) in [5, 5.41) is 21.5. The van der Waals surface area contributed by atoms with Gasteiger partial charge in [0.1, 0.15) is 0 Å². The largest absolute Gasteiger partial charge is 0.268 e. The Balaban J connectivity index is 1.22. The first kappa shape index (κ1) is 46.8. The summed E-state index contributed by atoms with van der Waals surface area (Å²) < 4.78 is 9.98. The molecule has 10 heteroatoms. The van der Waals surface area contributed by atoms with Crippen LogP contribution in [0.25, 0.3) is 0 Å². The van der Waals surface area contributed by atoms with Crippen molar-refractivity contribution in [2.24, 2.45) is 14.7 Å². The first-order valence-electron chi connectivity index (χ1n) is 22.4. The molecule has 1 atom stereocenters. The van der Waals surface area contributed by atoms with Crippen molar-refractivity contribution in [2.75, 3.05) is 14.1 Å². The molecule has 9 rings (SSSR count). The minimum absolute atomic E-state index is 0.902. The van der Waals surface area contributed by atoms with Crippen LogP contribution < -0.4 is 47.7 Å². The molecule has 9 aromatic carbocycles. The highest BCUT2D eigenvalue weighted by atomic mass is 32.4. The van der Waals surface area contributed by atoms with Gasteiger partial charge in [0.2, 0.25) is 0 Å². The smallest absolute Gasteiger partial charge is 0.235 e. The van der Waals surface area contributed by atoms with Gasteiger partial charge in [-0.15, -0.1) is 0 Å². The van der Waals surface area contributed by atoms with Gasteiger partial charge >= 0.3 is 0 Å². The molecule has 0 saturated carbocycles. The molecule has 0 aliphatic heterocycles. The van der Waals surface area contributed by atoms with E-state index in [4.69, 9.17) is 26.5 Å². The van der Waals surface area contributed by atoms with Crippen LogP contribution >= 0.6 is 29.4 Å². The normalized spacial score (nSPS) is 12.6. The Bertz CT molecular complexity index is 2870. The molecule has 0 aromatic heterocycles. The van der Waals surface area contributed by atoms with Gasteiger partial charge in [0.15, 0.2) is 0 Å². The number of benzene rings is 9. The van der Waals surface area contributed by atoms with E-state index < -0.39 is 29.4 Å².